The minimum absolute atomic E-state index is 0.0356. The monoisotopic (exact) mass is 442 g/mol. The average Bonchev–Trinajstić information content (AvgIpc) is 3.13. The Morgan fingerprint density at radius 3 is 2.63 bits per heavy atom. The number of halogens is 2. The first-order valence-corrected chi connectivity index (χ1v) is 10.4. The van der Waals surface area contributed by atoms with E-state index in [2.05, 4.69) is 27.2 Å². The summed E-state index contributed by atoms with van der Waals surface area (Å²) < 4.78 is 5.75. The van der Waals surface area contributed by atoms with Crippen LogP contribution in [0.2, 0.25) is 10.0 Å². The molecule has 0 radical (unpaired) electrons. The summed E-state index contributed by atoms with van der Waals surface area (Å²) in [7, 11) is 0. The molecule has 1 aliphatic rings. The lowest BCUT2D eigenvalue weighted by Gasteiger charge is -2.25. The number of aliphatic imine (C=N–C) groups is 1. The van der Waals surface area contributed by atoms with Gasteiger partial charge in [-0.2, -0.15) is 4.98 Å². The predicted molar refractivity (Wildman–Crippen MR) is 120 cm³/mol. The Kier molecular flexibility index (Phi) is 6.06. The minimum Gasteiger partial charge on any atom is -0.423 e. The maximum atomic E-state index is 12.7. The predicted octanol–water partition coefficient (Wildman–Crippen LogP) is 5.54. The minimum atomic E-state index is -0.646. The van der Waals surface area contributed by atoms with Gasteiger partial charge in [-0.1, -0.05) is 48.0 Å². The molecule has 30 heavy (non-hydrogen) atoms. The molecular formula is C22H20Cl2N4O2. The van der Waals surface area contributed by atoms with Gasteiger partial charge in [0.05, 0.1) is 6.04 Å². The lowest BCUT2D eigenvalue weighted by molar-refractivity contribution is -0.116. The Bertz CT molecular complexity index is 1090. The number of rotatable bonds is 2. The lowest BCUT2D eigenvalue weighted by Crippen LogP contribution is -2.37. The van der Waals surface area contributed by atoms with Gasteiger partial charge < -0.3 is 9.73 Å². The highest BCUT2D eigenvalue weighted by molar-refractivity contribution is 6.36. The first kappa shape index (κ1) is 20.4. The fourth-order valence-electron chi connectivity index (χ4n) is 3.31. The lowest BCUT2D eigenvalue weighted by atomic mass is 9.94. The van der Waals surface area contributed by atoms with Crippen molar-refractivity contribution in [3.05, 3.63) is 70.2 Å². The fourth-order valence-corrected chi connectivity index (χ4v) is 3.93. The van der Waals surface area contributed by atoms with E-state index in [1.807, 2.05) is 24.3 Å². The van der Waals surface area contributed by atoms with Crippen molar-refractivity contribution >= 4 is 52.1 Å². The van der Waals surface area contributed by atoms with Crippen LogP contribution in [0.5, 0.6) is 0 Å². The number of carbonyl (C=O) groups is 1. The zero-order valence-corrected chi connectivity index (χ0v) is 17.6. The van der Waals surface area contributed by atoms with Crippen molar-refractivity contribution in [3.63, 3.8) is 0 Å². The van der Waals surface area contributed by atoms with Gasteiger partial charge in [0.1, 0.15) is 5.52 Å². The number of hydrogen-bond donors (Lipinski definition) is 2. The van der Waals surface area contributed by atoms with Gasteiger partial charge in [-0.25, -0.2) is 0 Å². The Hall–Kier alpha value is -2.83. The largest absolute Gasteiger partial charge is 0.423 e. The van der Waals surface area contributed by atoms with E-state index in [1.54, 1.807) is 18.2 Å². The van der Waals surface area contributed by atoms with Crippen molar-refractivity contribution in [1.29, 1.82) is 0 Å². The van der Waals surface area contributed by atoms with E-state index in [-0.39, 0.29) is 5.78 Å². The number of nitrogens with one attached hydrogen (secondary N) is 2. The molecule has 1 unspecified atom stereocenters. The van der Waals surface area contributed by atoms with Gasteiger partial charge in [-0.05, 0) is 37.1 Å². The topological polar surface area (TPSA) is 79.5 Å². The van der Waals surface area contributed by atoms with Crippen LogP contribution in [0.4, 0.5) is 6.01 Å². The summed E-state index contributed by atoms with van der Waals surface area (Å²) in [6.45, 7) is 4.57. The highest BCUT2D eigenvalue weighted by Gasteiger charge is 2.27. The molecule has 0 bridgehead atoms. The van der Waals surface area contributed by atoms with Gasteiger partial charge in [0.25, 0.3) is 0 Å². The third-order valence-electron chi connectivity index (χ3n) is 4.88. The van der Waals surface area contributed by atoms with Crippen LogP contribution in [-0.4, -0.2) is 23.3 Å². The summed E-state index contributed by atoms with van der Waals surface area (Å²) in [5, 5.41) is 7.20. The van der Waals surface area contributed by atoms with Crippen LogP contribution < -0.4 is 10.6 Å². The molecular weight excluding hydrogens is 423 g/mol. The number of benzene rings is 2. The van der Waals surface area contributed by atoms with Crippen LogP contribution in [0, 0.1) is 0 Å². The highest BCUT2D eigenvalue weighted by Crippen LogP contribution is 2.35. The van der Waals surface area contributed by atoms with Crippen LogP contribution in [0.3, 0.4) is 0 Å². The van der Waals surface area contributed by atoms with Crippen LogP contribution in [0.15, 0.2) is 64.0 Å². The van der Waals surface area contributed by atoms with E-state index >= 15 is 0 Å². The van der Waals surface area contributed by atoms with Gasteiger partial charge in [0.15, 0.2) is 17.3 Å². The van der Waals surface area contributed by atoms with Gasteiger partial charge in [0, 0.05) is 34.1 Å². The molecule has 2 N–H and O–H groups in total. The normalized spacial score (nSPS) is 18.1. The van der Waals surface area contributed by atoms with E-state index in [0.717, 1.165) is 18.4 Å². The maximum Gasteiger partial charge on any atom is 0.302 e. The number of hydrogen-bond acceptors (Lipinski definition) is 6. The molecule has 3 aromatic rings. The first-order valence-electron chi connectivity index (χ1n) is 9.62. The second-order valence-electron chi connectivity index (χ2n) is 6.96. The molecule has 6 nitrogen and oxygen atoms in total. The van der Waals surface area contributed by atoms with E-state index in [9.17, 15) is 4.79 Å². The molecule has 8 heteroatoms. The number of para-hydroxylation sites is 2. The quantitative estimate of drug-likeness (QED) is 0.509. The van der Waals surface area contributed by atoms with Crippen LogP contribution in [-0.2, 0) is 4.79 Å². The number of fused-ring (bicyclic) bond motifs is 1. The molecule has 0 aliphatic carbocycles. The van der Waals surface area contributed by atoms with Crippen LogP contribution in [0.25, 0.3) is 11.1 Å². The highest BCUT2D eigenvalue weighted by atomic mass is 35.5. The number of anilines is 1. The van der Waals surface area contributed by atoms with E-state index in [0.29, 0.717) is 51.7 Å². The molecule has 1 atom stereocenters. The molecule has 4 rings (SSSR count). The molecule has 0 spiro atoms. The Morgan fingerprint density at radius 2 is 1.87 bits per heavy atom. The van der Waals surface area contributed by atoms with Crippen molar-refractivity contribution < 1.29 is 9.21 Å². The SMILES string of the molecule is C=C1C(=O)CCCCN=C(Nc2nc3ccccc3o2)NC1c1c(Cl)cccc1Cl. The third kappa shape index (κ3) is 4.35. The van der Waals surface area contributed by atoms with Crippen LogP contribution in [0.1, 0.15) is 30.9 Å². The summed E-state index contributed by atoms with van der Waals surface area (Å²) in [4.78, 5) is 21.7. The summed E-state index contributed by atoms with van der Waals surface area (Å²) in [6.07, 6.45) is 1.90. The van der Waals surface area contributed by atoms with Gasteiger partial charge in [-0.3, -0.25) is 15.1 Å². The van der Waals surface area contributed by atoms with Crippen molar-refractivity contribution in [3.8, 4) is 0 Å². The number of guanidine groups is 1. The van der Waals surface area contributed by atoms with Crippen molar-refractivity contribution in [2.45, 2.75) is 25.3 Å². The van der Waals surface area contributed by atoms with Crippen molar-refractivity contribution in [2.75, 3.05) is 11.9 Å². The van der Waals surface area contributed by atoms with Crippen molar-refractivity contribution in [2.24, 2.45) is 4.99 Å². The number of aromatic nitrogens is 1. The van der Waals surface area contributed by atoms with Gasteiger partial charge in [-0.15, -0.1) is 0 Å². The Morgan fingerprint density at radius 1 is 1.10 bits per heavy atom. The summed E-state index contributed by atoms with van der Waals surface area (Å²) in [5.74, 6) is 0.366. The molecule has 154 valence electrons. The van der Waals surface area contributed by atoms with Crippen LogP contribution >= 0.6 is 23.2 Å². The molecule has 0 saturated carbocycles. The van der Waals surface area contributed by atoms with Gasteiger partial charge in [0.2, 0.25) is 0 Å². The Balaban J connectivity index is 1.70. The molecule has 2 aromatic carbocycles. The second-order valence-corrected chi connectivity index (χ2v) is 7.77. The fraction of sp³-hybridized carbons (Fsp3) is 0.227. The standard InChI is InChI=1S/C22H20Cl2N4O2/c1-13-17(29)10-4-5-12-25-21(27-20(13)19-14(23)7-6-8-15(19)24)28-22-26-16-9-2-3-11-18(16)30-22/h2-3,6-9,11,20H,1,4-5,10,12H2,(H2,25,26,27,28). The molecule has 1 aliphatic heterocycles. The Labute approximate surface area is 184 Å². The van der Waals surface area contributed by atoms with E-state index < -0.39 is 6.04 Å². The third-order valence-corrected chi connectivity index (χ3v) is 5.54. The molecule has 0 fully saturated rings. The van der Waals surface area contributed by atoms with Crippen molar-refractivity contribution in [1.82, 2.24) is 10.3 Å². The second kappa shape index (κ2) is 8.90. The zero-order valence-electron chi connectivity index (χ0n) is 16.1. The maximum absolute atomic E-state index is 12.7. The summed E-state index contributed by atoms with van der Waals surface area (Å²) in [6, 6.07) is 12.3. The molecule has 0 amide bonds. The number of Topliss-reactive ketones (excluding diaryl/α,β-unsaturated/α-hetero) is 1. The molecule has 1 aromatic heterocycles. The molecule has 2 heterocycles. The number of oxazole rings is 1. The summed E-state index contributed by atoms with van der Waals surface area (Å²) >= 11 is 12.9. The molecule has 0 saturated heterocycles. The average molecular weight is 443 g/mol. The smallest absolute Gasteiger partial charge is 0.302 e. The van der Waals surface area contributed by atoms with Gasteiger partial charge >= 0.3 is 6.01 Å². The van der Waals surface area contributed by atoms with E-state index in [1.165, 1.54) is 0 Å². The zero-order chi connectivity index (χ0) is 21.1. The number of ketones is 1. The number of nitrogens with zero attached hydrogens (tertiary/aromatic N) is 2. The summed E-state index contributed by atoms with van der Waals surface area (Å²) in [5.41, 5.74) is 2.34. The number of carbonyl (C=O) groups excluding carboxylic acids is 1. The van der Waals surface area contributed by atoms with E-state index in [4.69, 9.17) is 27.6 Å². The first-order chi connectivity index (χ1) is 14.5.